The van der Waals surface area contributed by atoms with Gasteiger partial charge in [-0.1, -0.05) is 29.4 Å². The first-order chi connectivity index (χ1) is 14.2. The van der Waals surface area contributed by atoms with Crippen LogP contribution in [0, 0.1) is 5.41 Å². The van der Waals surface area contributed by atoms with E-state index in [1.807, 2.05) is 48.5 Å². The smallest absolute Gasteiger partial charge is 0.118 e. The highest BCUT2D eigenvalue weighted by Crippen LogP contribution is 2.38. The molecule has 1 aliphatic rings. The van der Waals surface area contributed by atoms with Crippen molar-refractivity contribution in [2.24, 2.45) is 10.6 Å². The molecule has 2 aromatic rings. The zero-order valence-corrected chi connectivity index (χ0v) is 17.1. The quantitative estimate of drug-likeness (QED) is 0.473. The van der Waals surface area contributed by atoms with Crippen molar-refractivity contribution in [1.29, 1.82) is 0 Å². The third-order valence-corrected chi connectivity index (χ3v) is 5.34. The lowest BCUT2D eigenvalue weighted by Crippen LogP contribution is -2.30. The molecule has 1 N–H and O–H groups in total. The lowest BCUT2D eigenvalue weighted by molar-refractivity contribution is -0.0273. The summed E-state index contributed by atoms with van der Waals surface area (Å²) in [7, 11) is 3.31. The highest BCUT2D eigenvalue weighted by molar-refractivity contribution is 5.86. The summed E-state index contributed by atoms with van der Waals surface area (Å²) < 4.78 is 22.4. The Labute approximate surface area is 172 Å². The van der Waals surface area contributed by atoms with Gasteiger partial charge in [-0.25, -0.2) is 0 Å². The van der Waals surface area contributed by atoms with Gasteiger partial charge in [0, 0.05) is 5.41 Å². The second kappa shape index (κ2) is 10.3. The van der Waals surface area contributed by atoms with E-state index in [-0.39, 0.29) is 5.41 Å². The largest absolute Gasteiger partial charge is 0.497 e. The molecule has 3 rings (SSSR count). The van der Waals surface area contributed by atoms with Gasteiger partial charge < -0.3 is 24.2 Å². The summed E-state index contributed by atoms with van der Waals surface area (Å²) in [6.07, 6.45) is 2.35. The van der Waals surface area contributed by atoms with E-state index in [0.29, 0.717) is 32.8 Å². The lowest BCUT2D eigenvalue weighted by atomic mass is 9.88. The second-order valence-corrected chi connectivity index (χ2v) is 7.52. The second-order valence-electron chi connectivity index (χ2n) is 7.52. The Morgan fingerprint density at radius 1 is 0.828 bits per heavy atom. The first-order valence-corrected chi connectivity index (χ1v) is 9.77. The predicted octanol–water partition coefficient (Wildman–Crippen LogP) is 4.44. The highest BCUT2D eigenvalue weighted by atomic mass is 16.5. The standard InChI is InChI=1S/C23H29NO5/c1-26-21-7-3-18(4-8-21)14-28-16-23(12-11-20(13-23)24-25)17-29-15-19-5-9-22(27-2)10-6-19/h3-10,25H,11-17H2,1-2H3/b24-20+. The van der Waals surface area contributed by atoms with Crippen molar-refractivity contribution in [3.8, 4) is 11.5 Å². The maximum absolute atomic E-state index is 9.19. The first-order valence-electron chi connectivity index (χ1n) is 9.77. The number of hydrogen-bond donors (Lipinski definition) is 1. The van der Waals surface area contributed by atoms with Crippen LogP contribution in [0.5, 0.6) is 11.5 Å². The number of hydrogen-bond acceptors (Lipinski definition) is 6. The third kappa shape index (κ3) is 5.95. The molecule has 0 spiro atoms. The SMILES string of the molecule is COc1ccc(COCC2(COCc3ccc(OC)cc3)CC/C(=N\O)C2)cc1. The van der Waals surface area contributed by atoms with Crippen LogP contribution in [-0.4, -0.2) is 38.4 Å². The third-order valence-electron chi connectivity index (χ3n) is 5.34. The average molecular weight is 399 g/mol. The Hall–Kier alpha value is -2.57. The van der Waals surface area contributed by atoms with Crippen molar-refractivity contribution in [1.82, 2.24) is 0 Å². The topological polar surface area (TPSA) is 69.5 Å². The molecule has 0 amide bonds. The van der Waals surface area contributed by atoms with Gasteiger partial charge in [-0.3, -0.25) is 0 Å². The van der Waals surface area contributed by atoms with Crippen LogP contribution in [0.15, 0.2) is 53.7 Å². The van der Waals surface area contributed by atoms with E-state index in [0.717, 1.165) is 41.2 Å². The molecule has 6 heteroatoms. The normalized spacial score (nSPS) is 16.8. The number of ether oxygens (including phenoxy) is 4. The van der Waals surface area contributed by atoms with Crippen LogP contribution in [0.2, 0.25) is 0 Å². The highest BCUT2D eigenvalue weighted by Gasteiger charge is 2.38. The molecule has 0 atom stereocenters. The fraction of sp³-hybridized carbons (Fsp3) is 0.435. The maximum Gasteiger partial charge on any atom is 0.118 e. The molecule has 6 nitrogen and oxygen atoms in total. The lowest BCUT2D eigenvalue weighted by Gasteiger charge is -2.28. The van der Waals surface area contributed by atoms with Gasteiger partial charge >= 0.3 is 0 Å². The van der Waals surface area contributed by atoms with E-state index in [9.17, 15) is 5.21 Å². The summed E-state index contributed by atoms with van der Waals surface area (Å²) in [6, 6.07) is 15.7. The van der Waals surface area contributed by atoms with Crippen molar-refractivity contribution in [2.75, 3.05) is 27.4 Å². The van der Waals surface area contributed by atoms with E-state index < -0.39 is 0 Å². The van der Waals surface area contributed by atoms with Gasteiger partial charge in [-0.15, -0.1) is 0 Å². The van der Waals surface area contributed by atoms with Gasteiger partial charge in [0.25, 0.3) is 0 Å². The zero-order chi connectivity index (χ0) is 20.5. The molecule has 1 fully saturated rings. The van der Waals surface area contributed by atoms with E-state index >= 15 is 0 Å². The van der Waals surface area contributed by atoms with Gasteiger partial charge in [-0.2, -0.15) is 0 Å². The Morgan fingerprint density at radius 3 is 1.69 bits per heavy atom. The molecule has 156 valence electrons. The Bertz CT molecular complexity index is 732. The summed E-state index contributed by atoms with van der Waals surface area (Å²) in [5.41, 5.74) is 2.83. The molecule has 29 heavy (non-hydrogen) atoms. The molecular formula is C23H29NO5. The molecule has 0 aliphatic heterocycles. The van der Waals surface area contributed by atoms with Crippen LogP contribution < -0.4 is 9.47 Å². The molecule has 0 heterocycles. The molecule has 0 aromatic heterocycles. The van der Waals surface area contributed by atoms with Crippen LogP contribution in [0.3, 0.4) is 0 Å². The molecule has 0 saturated heterocycles. The van der Waals surface area contributed by atoms with Gasteiger partial charge in [0.1, 0.15) is 11.5 Å². The number of rotatable bonds is 10. The minimum atomic E-state index is -0.166. The van der Waals surface area contributed by atoms with Crippen LogP contribution in [0.1, 0.15) is 30.4 Å². The molecule has 0 bridgehead atoms. The minimum absolute atomic E-state index is 0.166. The van der Waals surface area contributed by atoms with E-state index in [4.69, 9.17) is 18.9 Å². The molecular weight excluding hydrogens is 370 g/mol. The van der Waals surface area contributed by atoms with E-state index in [2.05, 4.69) is 5.16 Å². The Balaban J connectivity index is 1.53. The average Bonchev–Trinajstić information content (AvgIpc) is 3.18. The fourth-order valence-corrected chi connectivity index (χ4v) is 3.61. The number of oxime groups is 1. The van der Waals surface area contributed by atoms with Crippen molar-refractivity contribution in [3.63, 3.8) is 0 Å². The molecule has 1 aliphatic carbocycles. The Kier molecular flexibility index (Phi) is 7.49. The monoisotopic (exact) mass is 399 g/mol. The molecule has 2 aromatic carbocycles. The number of nitrogens with zero attached hydrogens (tertiary/aromatic N) is 1. The first kappa shape index (κ1) is 21.1. The van der Waals surface area contributed by atoms with Crippen LogP contribution in [-0.2, 0) is 22.7 Å². The summed E-state index contributed by atoms with van der Waals surface area (Å²) in [6.45, 7) is 2.16. The molecule has 0 unspecified atom stereocenters. The van der Waals surface area contributed by atoms with E-state index in [1.165, 1.54) is 0 Å². The van der Waals surface area contributed by atoms with E-state index in [1.54, 1.807) is 14.2 Å². The summed E-state index contributed by atoms with van der Waals surface area (Å²) in [5, 5.41) is 12.6. The number of methoxy groups -OCH3 is 2. The van der Waals surface area contributed by atoms with Crippen molar-refractivity contribution >= 4 is 5.71 Å². The van der Waals surface area contributed by atoms with Crippen molar-refractivity contribution in [2.45, 2.75) is 32.5 Å². The molecule has 1 saturated carbocycles. The van der Waals surface area contributed by atoms with Gasteiger partial charge in [-0.05, 0) is 54.7 Å². The summed E-state index contributed by atoms with van der Waals surface area (Å²) in [4.78, 5) is 0. The summed E-state index contributed by atoms with van der Waals surface area (Å²) >= 11 is 0. The zero-order valence-electron chi connectivity index (χ0n) is 17.1. The van der Waals surface area contributed by atoms with Crippen molar-refractivity contribution < 1.29 is 24.2 Å². The van der Waals surface area contributed by atoms with Gasteiger partial charge in [0.05, 0.1) is 46.4 Å². The van der Waals surface area contributed by atoms with Crippen LogP contribution in [0.4, 0.5) is 0 Å². The van der Waals surface area contributed by atoms with Gasteiger partial charge in [0.15, 0.2) is 0 Å². The minimum Gasteiger partial charge on any atom is -0.497 e. The van der Waals surface area contributed by atoms with Crippen LogP contribution in [0.25, 0.3) is 0 Å². The summed E-state index contributed by atoms with van der Waals surface area (Å²) in [5.74, 6) is 1.66. The van der Waals surface area contributed by atoms with Crippen molar-refractivity contribution in [3.05, 3.63) is 59.7 Å². The maximum atomic E-state index is 9.19. The Morgan fingerprint density at radius 2 is 1.31 bits per heavy atom. The van der Waals surface area contributed by atoms with Gasteiger partial charge in [0.2, 0.25) is 0 Å². The molecule has 0 radical (unpaired) electrons. The van der Waals surface area contributed by atoms with Crippen LogP contribution >= 0.6 is 0 Å². The fourth-order valence-electron chi connectivity index (χ4n) is 3.61. The number of benzene rings is 2. The predicted molar refractivity (Wildman–Crippen MR) is 111 cm³/mol.